The lowest BCUT2D eigenvalue weighted by Crippen LogP contribution is -2.15. The molecule has 4 heteroatoms. The summed E-state index contributed by atoms with van der Waals surface area (Å²) in [6.07, 6.45) is 0.494. The van der Waals surface area contributed by atoms with Crippen molar-refractivity contribution in [2.45, 2.75) is 31.3 Å². The Morgan fingerprint density at radius 2 is 2.27 bits per heavy atom. The van der Waals surface area contributed by atoms with Crippen molar-refractivity contribution in [2.24, 2.45) is 0 Å². The summed E-state index contributed by atoms with van der Waals surface area (Å²) in [5, 5.41) is 0. The molecule has 0 spiro atoms. The normalized spacial score (nSPS) is 12.3. The van der Waals surface area contributed by atoms with Crippen molar-refractivity contribution in [3.8, 4) is 0 Å². The molecule has 1 atom stereocenters. The van der Waals surface area contributed by atoms with Crippen molar-refractivity contribution in [3.05, 3.63) is 29.6 Å². The highest BCUT2D eigenvalue weighted by Gasteiger charge is 2.15. The monoisotopic (exact) mass is 228 g/mol. The van der Waals surface area contributed by atoms with E-state index in [4.69, 9.17) is 4.74 Å². The predicted octanol–water partition coefficient (Wildman–Crippen LogP) is 3.07. The second-order valence-electron chi connectivity index (χ2n) is 3.29. The highest BCUT2D eigenvalue weighted by Crippen LogP contribution is 2.15. The van der Waals surface area contributed by atoms with Gasteiger partial charge in [-0.25, -0.2) is 9.18 Å². The minimum absolute atomic E-state index is 0.0669. The van der Waals surface area contributed by atoms with Gasteiger partial charge in [-0.1, -0.05) is 6.92 Å². The Labute approximate surface area is 93.9 Å². The zero-order chi connectivity index (χ0) is 11.4. The van der Waals surface area contributed by atoms with E-state index in [1.165, 1.54) is 18.2 Å². The van der Waals surface area contributed by atoms with Crippen LogP contribution in [-0.4, -0.2) is 12.1 Å². The van der Waals surface area contributed by atoms with Crippen molar-refractivity contribution in [2.75, 3.05) is 0 Å². The van der Waals surface area contributed by atoms with Gasteiger partial charge < -0.3 is 4.74 Å². The maximum atomic E-state index is 13.2. The number of carbonyl (C=O) groups excluding carboxylic acids is 1. The van der Waals surface area contributed by atoms with Crippen LogP contribution in [0.3, 0.4) is 0 Å². The van der Waals surface area contributed by atoms with E-state index >= 15 is 0 Å². The molecule has 0 aliphatic carbocycles. The van der Waals surface area contributed by atoms with Crippen LogP contribution >= 0.6 is 12.6 Å². The Hall–Kier alpha value is -1.03. The molecule has 0 saturated carbocycles. The fourth-order valence-corrected chi connectivity index (χ4v) is 1.20. The summed E-state index contributed by atoms with van der Waals surface area (Å²) in [5.74, 6) is -1.22. The van der Waals surface area contributed by atoms with Crippen molar-refractivity contribution in [1.82, 2.24) is 0 Å². The molecule has 0 radical (unpaired) electrons. The molecule has 0 N–H and O–H groups in total. The summed E-state index contributed by atoms with van der Waals surface area (Å²) in [4.78, 5) is 12.0. The number of rotatable bonds is 3. The molecule has 1 rings (SSSR count). The van der Waals surface area contributed by atoms with E-state index in [0.717, 1.165) is 0 Å². The lowest BCUT2D eigenvalue weighted by Gasteiger charge is -2.11. The van der Waals surface area contributed by atoms with E-state index in [-0.39, 0.29) is 11.7 Å². The van der Waals surface area contributed by atoms with Gasteiger partial charge in [0.05, 0.1) is 11.7 Å². The van der Waals surface area contributed by atoms with Crippen molar-refractivity contribution in [3.63, 3.8) is 0 Å². The third-order valence-corrected chi connectivity index (χ3v) is 2.33. The summed E-state index contributed by atoms with van der Waals surface area (Å²) in [5.41, 5.74) is -0.0669. The molecule has 1 unspecified atom stereocenters. The first-order valence-corrected chi connectivity index (χ1v) is 5.18. The highest BCUT2D eigenvalue weighted by atomic mass is 32.1. The van der Waals surface area contributed by atoms with Crippen LogP contribution in [0.2, 0.25) is 0 Å². The summed E-state index contributed by atoms with van der Waals surface area (Å²) in [7, 11) is 0. The molecule has 0 heterocycles. The van der Waals surface area contributed by atoms with Gasteiger partial charge in [-0.3, -0.25) is 0 Å². The molecular weight excluding hydrogens is 215 g/mol. The number of thiol groups is 1. The molecule has 0 bridgehead atoms. The molecule has 2 nitrogen and oxygen atoms in total. The summed E-state index contributed by atoms with van der Waals surface area (Å²) in [6, 6.07) is 4.05. The summed E-state index contributed by atoms with van der Waals surface area (Å²) >= 11 is 4.04. The van der Waals surface area contributed by atoms with Crippen LogP contribution in [0, 0.1) is 5.82 Å². The molecule has 0 saturated heterocycles. The highest BCUT2D eigenvalue weighted by molar-refractivity contribution is 7.80. The standard InChI is InChI=1S/C11H13FO2S/c1-3-7(2)14-11(13)9-6-8(15)4-5-10(9)12/h4-7,15H,3H2,1-2H3. The van der Waals surface area contributed by atoms with Crippen molar-refractivity contribution >= 4 is 18.6 Å². The van der Waals surface area contributed by atoms with Crippen LogP contribution in [0.5, 0.6) is 0 Å². The molecule has 0 amide bonds. The molecule has 0 aromatic heterocycles. The SMILES string of the molecule is CCC(C)OC(=O)c1cc(S)ccc1F. The number of hydrogen-bond donors (Lipinski definition) is 1. The number of halogens is 1. The molecular formula is C11H13FO2S. The fraction of sp³-hybridized carbons (Fsp3) is 0.364. The van der Waals surface area contributed by atoms with Gasteiger partial charge in [0.25, 0.3) is 0 Å². The van der Waals surface area contributed by atoms with Gasteiger partial charge in [-0.15, -0.1) is 12.6 Å². The average molecular weight is 228 g/mol. The second-order valence-corrected chi connectivity index (χ2v) is 3.80. The lowest BCUT2D eigenvalue weighted by molar-refractivity contribution is 0.0329. The van der Waals surface area contributed by atoms with Gasteiger partial charge in [0.2, 0.25) is 0 Å². The van der Waals surface area contributed by atoms with Gasteiger partial charge in [0.15, 0.2) is 0 Å². The van der Waals surface area contributed by atoms with Crippen LogP contribution in [0.15, 0.2) is 23.1 Å². The van der Waals surface area contributed by atoms with E-state index in [1.54, 1.807) is 6.92 Å². The average Bonchev–Trinajstić information content (AvgIpc) is 2.21. The van der Waals surface area contributed by atoms with Crippen LogP contribution in [-0.2, 0) is 4.74 Å². The Bertz CT molecular complexity index is 366. The number of ether oxygens (including phenoxy) is 1. The molecule has 1 aromatic rings. The minimum atomic E-state index is -0.641. The third kappa shape index (κ3) is 3.23. The third-order valence-electron chi connectivity index (χ3n) is 2.05. The Balaban J connectivity index is 2.86. The lowest BCUT2D eigenvalue weighted by atomic mass is 10.2. The number of carbonyl (C=O) groups is 1. The predicted molar refractivity (Wildman–Crippen MR) is 58.8 cm³/mol. The van der Waals surface area contributed by atoms with Crippen LogP contribution in [0.25, 0.3) is 0 Å². The quantitative estimate of drug-likeness (QED) is 0.635. The first-order chi connectivity index (χ1) is 7.04. The summed E-state index contributed by atoms with van der Waals surface area (Å²) < 4.78 is 18.2. The number of benzene rings is 1. The maximum absolute atomic E-state index is 13.2. The first kappa shape index (κ1) is 12.0. The molecule has 15 heavy (non-hydrogen) atoms. The topological polar surface area (TPSA) is 26.3 Å². The molecule has 0 aliphatic heterocycles. The number of esters is 1. The first-order valence-electron chi connectivity index (χ1n) is 4.74. The fourth-order valence-electron chi connectivity index (χ4n) is 0.999. The van der Waals surface area contributed by atoms with E-state index in [2.05, 4.69) is 12.6 Å². The molecule has 0 aliphatic rings. The van der Waals surface area contributed by atoms with E-state index in [1.807, 2.05) is 6.92 Å². The zero-order valence-electron chi connectivity index (χ0n) is 8.66. The van der Waals surface area contributed by atoms with E-state index in [0.29, 0.717) is 11.3 Å². The van der Waals surface area contributed by atoms with E-state index in [9.17, 15) is 9.18 Å². The molecule has 0 fully saturated rings. The largest absolute Gasteiger partial charge is 0.459 e. The molecule has 1 aromatic carbocycles. The smallest absolute Gasteiger partial charge is 0.341 e. The molecule has 82 valence electrons. The van der Waals surface area contributed by atoms with Gasteiger partial charge in [0.1, 0.15) is 5.82 Å². The van der Waals surface area contributed by atoms with Gasteiger partial charge in [0, 0.05) is 4.90 Å². The van der Waals surface area contributed by atoms with Crippen molar-refractivity contribution < 1.29 is 13.9 Å². The maximum Gasteiger partial charge on any atom is 0.341 e. The van der Waals surface area contributed by atoms with Gasteiger partial charge in [-0.2, -0.15) is 0 Å². The summed E-state index contributed by atoms with van der Waals surface area (Å²) in [6.45, 7) is 3.66. The Morgan fingerprint density at radius 3 is 2.87 bits per heavy atom. The van der Waals surface area contributed by atoms with Crippen LogP contribution in [0.4, 0.5) is 4.39 Å². The van der Waals surface area contributed by atoms with E-state index < -0.39 is 11.8 Å². The number of hydrogen-bond acceptors (Lipinski definition) is 3. The van der Waals surface area contributed by atoms with Gasteiger partial charge >= 0.3 is 5.97 Å². The Morgan fingerprint density at radius 1 is 1.60 bits per heavy atom. The second kappa shape index (κ2) is 5.16. The van der Waals surface area contributed by atoms with Crippen molar-refractivity contribution in [1.29, 1.82) is 0 Å². The van der Waals surface area contributed by atoms with Gasteiger partial charge in [-0.05, 0) is 31.5 Å². The van der Waals surface area contributed by atoms with Crippen LogP contribution < -0.4 is 0 Å². The zero-order valence-corrected chi connectivity index (χ0v) is 9.55. The Kier molecular flexibility index (Phi) is 4.15. The van der Waals surface area contributed by atoms with Crippen LogP contribution in [0.1, 0.15) is 30.6 Å². The minimum Gasteiger partial charge on any atom is -0.459 e.